The third kappa shape index (κ3) is 2.71. The quantitative estimate of drug-likeness (QED) is 0.747. The van der Waals surface area contributed by atoms with Crippen LogP contribution >= 0.6 is 0 Å². The maximum atomic E-state index is 3.36. The second-order valence-electron chi connectivity index (χ2n) is 5.05. The average molecular weight is 198 g/mol. The van der Waals surface area contributed by atoms with Crippen LogP contribution in [0.1, 0.15) is 40.5 Å². The van der Waals surface area contributed by atoms with Crippen LogP contribution in [0.4, 0.5) is 0 Å². The average Bonchev–Trinajstić information content (AvgIpc) is 2.19. The van der Waals surface area contributed by atoms with Gasteiger partial charge in [0.25, 0.3) is 0 Å². The number of likely N-dealkylation sites (N-methyl/N-ethyl adjacent to an activating group) is 1. The first kappa shape index (κ1) is 12.0. The molecule has 0 aromatic carbocycles. The number of hydrogen-bond acceptors (Lipinski definition) is 2. The molecule has 4 atom stereocenters. The molecule has 0 radical (unpaired) electrons. The zero-order valence-electron chi connectivity index (χ0n) is 10.4. The Morgan fingerprint density at radius 2 is 1.86 bits per heavy atom. The highest BCUT2D eigenvalue weighted by molar-refractivity contribution is 4.85. The van der Waals surface area contributed by atoms with Crippen LogP contribution in [0.15, 0.2) is 0 Å². The topological polar surface area (TPSA) is 15.3 Å². The highest BCUT2D eigenvalue weighted by Gasteiger charge is 2.28. The van der Waals surface area contributed by atoms with Gasteiger partial charge in [-0.05, 0) is 46.6 Å². The van der Waals surface area contributed by atoms with E-state index in [0.717, 1.165) is 12.0 Å². The molecule has 0 aromatic rings. The second kappa shape index (κ2) is 5.13. The van der Waals surface area contributed by atoms with Crippen LogP contribution in [0, 0.1) is 5.92 Å². The van der Waals surface area contributed by atoms with E-state index in [1.54, 1.807) is 0 Å². The van der Waals surface area contributed by atoms with E-state index in [2.05, 4.69) is 45.0 Å². The van der Waals surface area contributed by atoms with E-state index in [9.17, 15) is 0 Å². The molecule has 2 heteroatoms. The molecule has 0 amide bonds. The van der Waals surface area contributed by atoms with Crippen molar-refractivity contribution >= 4 is 0 Å². The molecule has 0 saturated carbocycles. The summed E-state index contributed by atoms with van der Waals surface area (Å²) in [4.78, 5) is 2.66. The Kier molecular flexibility index (Phi) is 4.39. The summed E-state index contributed by atoms with van der Waals surface area (Å²) in [5.74, 6) is 0.873. The van der Waals surface area contributed by atoms with E-state index in [1.807, 2.05) is 0 Å². The van der Waals surface area contributed by atoms with Gasteiger partial charge in [-0.25, -0.2) is 0 Å². The van der Waals surface area contributed by atoms with Crippen LogP contribution in [0.5, 0.6) is 0 Å². The van der Waals surface area contributed by atoms with Gasteiger partial charge in [0.2, 0.25) is 0 Å². The molecule has 1 aliphatic rings. The third-order valence-corrected chi connectivity index (χ3v) is 3.87. The minimum absolute atomic E-state index is 0.586. The molecular weight excluding hydrogens is 172 g/mol. The zero-order chi connectivity index (χ0) is 10.7. The Morgan fingerprint density at radius 1 is 1.21 bits per heavy atom. The van der Waals surface area contributed by atoms with Crippen molar-refractivity contribution in [1.82, 2.24) is 10.2 Å². The highest BCUT2D eigenvalue weighted by atomic mass is 15.2. The van der Waals surface area contributed by atoms with E-state index in [-0.39, 0.29) is 0 Å². The highest BCUT2D eigenvalue weighted by Crippen LogP contribution is 2.24. The molecule has 1 rings (SSSR count). The monoisotopic (exact) mass is 198 g/mol. The fourth-order valence-electron chi connectivity index (χ4n) is 2.42. The van der Waals surface area contributed by atoms with E-state index < -0.39 is 0 Å². The Hall–Kier alpha value is -0.0800. The van der Waals surface area contributed by atoms with Gasteiger partial charge in [0.15, 0.2) is 0 Å². The Morgan fingerprint density at radius 3 is 2.43 bits per heavy atom. The molecule has 1 N–H and O–H groups in total. The Balaban J connectivity index is 2.55. The minimum Gasteiger partial charge on any atom is -0.316 e. The first-order valence-electron chi connectivity index (χ1n) is 5.99. The molecule has 0 spiro atoms. The molecule has 0 aliphatic carbocycles. The fourth-order valence-corrected chi connectivity index (χ4v) is 2.42. The van der Waals surface area contributed by atoms with Gasteiger partial charge in [-0.1, -0.05) is 6.92 Å². The SMILES string of the molecule is CNC(C)C(C)N1CC(C)CCC1C. The van der Waals surface area contributed by atoms with E-state index in [4.69, 9.17) is 0 Å². The summed E-state index contributed by atoms with van der Waals surface area (Å²) in [5.41, 5.74) is 0. The van der Waals surface area contributed by atoms with Crippen molar-refractivity contribution < 1.29 is 0 Å². The normalized spacial score (nSPS) is 34.1. The van der Waals surface area contributed by atoms with Gasteiger partial charge < -0.3 is 5.32 Å². The summed E-state index contributed by atoms with van der Waals surface area (Å²) < 4.78 is 0. The summed E-state index contributed by atoms with van der Waals surface area (Å²) in [6.45, 7) is 10.6. The standard InChI is InChI=1S/C12H26N2/c1-9-6-7-10(2)14(8-9)12(4)11(3)13-5/h9-13H,6-8H2,1-5H3. The van der Waals surface area contributed by atoms with Crippen molar-refractivity contribution in [3.63, 3.8) is 0 Å². The van der Waals surface area contributed by atoms with Gasteiger partial charge in [0.1, 0.15) is 0 Å². The molecule has 14 heavy (non-hydrogen) atoms. The summed E-state index contributed by atoms with van der Waals surface area (Å²) in [6.07, 6.45) is 2.76. The van der Waals surface area contributed by atoms with Crippen molar-refractivity contribution in [2.45, 2.75) is 58.7 Å². The number of piperidine rings is 1. The molecule has 4 unspecified atom stereocenters. The largest absolute Gasteiger partial charge is 0.316 e. The molecule has 2 nitrogen and oxygen atoms in total. The number of hydrogen-bond donors (Lipinski definition) is 1. The van der Waals surface area contributed by atoms with E-state index in [0.29, 0.717) is 12.1 Å². The van der Waals surface area contributed by atoms with Gasteiger partial charge in [-0.3, -0.25) is 4.90 Å². The maximum absolute atomic E-state index is 3.36. The molecule has 1 fully saturated rings. The van der Waals surface area contributed by atoms with Gasteiger partial charge in [0, 0.05) is 24.7 Å². The predicted octanol–water partition coefficient (Wildman–Crippen LogP) is 2.10. The van der Waals surface area contributed by atoms with Gasteiger partial charge >= 0.3 is 0 Å². The molecule has 1 aliphatic heterocycles. The minimum atomic E-state index is 0.586. The molecule has 0 bridgehead atoms. The van der Waals surface area contributed by atoms with Crippen molar-refractivity contribution in [1.29, 1.82) is 0 Å². The smallest absolute Gasteiger partial charge is 0.0221 e. The van der Waals surface area contributed by atoms with Crippen LogP contribution in [0.2, 0.25) is 0 Å². The maximum Gasteiger partial charge on any atom is 0.0221 e. The predicted molar refractivity (Wildman–Crippen MR) is 62.5 cm³/mol. The number of nitrogens with one attached hydrogen (secondary N) is 1. The lowest BCUT2D eigenvalue weighted by Crippen LogP contribution is -2.52. The summed E-state index contributed by atoms with van der Waals surface area (Å²) >= 11 is 0. The summed E-state index contributed by atoms with van der Waals surface area (Å²) in [5, 5.41) is 3.36. The van der Waals surface area contributed by atoms with Crippen molar-refractivity contribution in [2.75, 3.05) is 13.6 Å². The van der Waals surface area contributed by atoms with Crippen molar-refractivity contribution in [2.24, 2.45) is 5.92 Å². The van der Waals surface area contributed by atoms with E-state index >= 15 is 0 Å². The summed E-state index contributed by atoms with van der Waals surface area (Å²) in [7, 11) is 2.05. The molecule has 1 heterocycles. The number of rotatable bonds is 3. The van der Waals surface area contributed by atoms with Crippen LogP contribution in [-0.2, 0) is 0 Å². The Bertz CT molecular complexity index is 170. The molecule has 0 aromatic heterocycles. The second-order valence-corrected chi connectivity index (χ2v) is 5.05. The van der Waals surface area contributed by atoms with Gasteiger partial charge in [-0.2, -0.15) is 0 Å². The number of likely N-dealkylation sites (tertiary alicyclic amines) is 1. The van der Waals surface area contributed by atoms with Gasteiger partial charge in [0.05, 0.1) is 0 Å². The molecule has 1 saturated heterocycles. The Labute approximate surface area is 89.1 Å². The van der Waals surface area contributed by atoms with Gasteiger partial charge in [-0.15, -0.1) is 0 Å². The lowest BCUT2D eigenvalue weighted by atomic mass is 9.92. The third-order valence-electron chi connectivity index (χ3n) is 3.87. The zero-order valence-corrected chi connectivity index (χ0v) is 10.4. The van der Waals surface area contributed by atoms with Crippen LogP contribution in [0.3, 0.4) is 0 Å². The first-order valence-corrected chi connectivity index (χ1v) is 5.99. The molecular formula is C12H26N2. The van der Waals surface area contributed by atoms with Crippen molar-refractivity contribution in [3.8, 4) is 0 Å². The lowest BCUT2D eigenvalue weighted by Gasteiger charge is -2.42. The fraction of sp³-hybridized carbons (Fsp3) is 1.00. The van der Waals surface area contributed by atoms with Crippen LogP contribution in [0.25, 0.3) is 0 Å². The lowest BCUT2D eigenvalue weighted by molar-refractivity contribution is 0.0701. The van der Waals surface area contributed by atoms with E-state index in [1.165, 1.54) is 19.4 Å². The first-order chi connectivity index (χ1) is 6.56. The molecule has 84 valence electrons. The van der Waals surface area contributed by atoms with Crippen molar-refractivity contribution in [3.05, 3.63) is 0 Å². The van der Waals surface area contributed by atoms with Crippen LogP contribution < -0.4 is 5.32 Å². The summed E-state index contributed by atoms with van der Waals surface area (Å²) in [6, 6.07) is 2.00. The number of nitrogens with zero attached hydrogens (tertiary/aromatic N) is 1. The van der Waals surface area contributed by atoms with Crippen LogP contribution in [-0.4, -0.2) is 36.6 Å².